The van der Waals surface area contributed by atoms with E-state index in [1.54, 1.807) is 29.1 Å². The second kappa shape index (κ2) is 10.1. The zero-order valence-electron chi connectivity index (χ0n) is 20.3. The molecule has 1 aliphatic rings. The Morgan fingerprint density at radius 2 is 1.92 bits per heavy atom. The van der Waals surface area contributed by atoms with Crippen LogP contribution in [0.2, 0.25) is 0 Å². The fraction of sp³-hybridized carbons (Fsp3) is 0.259. The Kier molecular flexibility index (Phi) is 7.12. The summed E-state index contributed by atoms with van der Waals surface area (Å²) >= 11 is 0. The Morgan fingerprint density at radius 3 is 2.53 bits per heavy atom. The Labute approximate surface area is 209 Å². The molecule has 9 heteroatoms. The summed E-state index contributed by atoms with van der Waals surface area (Å²) in [6, 6.07) is 9.88. The van der Waals surface area contributed by atoms with Gasteiger partial charge in [-0.2, -0.15) is 5.10 Å². The van der Waals surface area contributed by atoms with Gasteiger partial charge in [0.15, 0.2) is 9.84 Å². The van der Waals surface area contributed by atoms with Crippen molar-refractivity contribution in [3.8, 4) is 11.4 Å². The molecule has 0 bridgehead atoms. The van der Waals surface area contributed by atoms with Gasteiger partial charge in [-0.15, -0.1) is 0 Å². The Morgan fingerprint density at radius 1 is 1.19 bits per heavy atom. The number of sulfone groups is 1. The van der Waals surface area contributed by atoms with E-state index in [1.165, 1.54) is 24.3 Å². The highest BCUT2D eigenvalue weighted by Crippen LogP contribution is 2.32. The maximum absolute atomic E-state index is 13.5. The summed E-state index contributed by atoms with van der Waals surface area (Å²) in [6.07, 6.45) is 8.47. The highest BCUT2D eigenvalue weighted by molar-refractivity contribution is 7.90. The van der Waals surface area contributed by atoms with Gasteiger partial charge in [0.05, 0.1) is 23.6 Å². The first-order valence-electron chi connectivity index (χ1n) is 11.7. The van der Waals surface area contributed by atoms with E-state index in [0.29, 0.717) is 35.2 Å². The van der Waals surface area contributed by atoms with Gasteiger partial charge in [-0.05, 0) is 67.3 Å². The molecule has 1 unspecified atom stereocenters. The van der Waals surface area contributed by atoms with Crippen molar-refractivity contribution < 1.29 is 22.7 Å². The summed E-state index contributed by atoms with van der Waals surface area (Å²) in [5, 5.41) is 17.8. The van der Waals surface area contributed by atoms with Crippen molar-refractivity contribution in [3.05, 3.63) is 82.9 Å². The fourth-order valence-electron chi connectivity index (χ4n) is 4.27. The third-order valence-corrected chi connectivity index (χ3v) is 7.42. The molecule has 1 aliphatic carbocycles. The molecule has 36 heavy (non-hydrogen) atoms. The molecule has 1 aromatic heterocycles. The molecule has 1 amide bonds. The summed E-state index contributed by atoms with van der Waals surface area (Å²) in [5.41, 5.74) is 4.26. The summed E-state index contributed by atoms with van der Waals surface area (Å²) in [5.74, 6) is -1.00. The summed E-state index contributed by atoms with van der Waals surface area (Å²) < 4.78 is 38.8. The van der Waals surface area contributed by atoms with Crippen LogP contribution in [0.4, 0.5) is 4.39 Å². The number of benzene rings is 2. The molecule has 0 aliphatic heterocycles. The molecule has 7 nitrogen and oxygen atoms in total. The van der Waals surface area contributed by atoms with E-state index in [-0.39, 0.29) is 22.4 Å². The highest BCUT2D eigenvalue weighted by Gasteiger charge is 2.25. The number of carbonyl (C=O) groups is 1. The van der Waals surface area contributed by atoms with Crippen LogP contribution in [0.15, 0.2) is 65.2 Å². The maximum atomic E-state index is 13.5. The molecule has 2 aromatic carbocycles. The number of hydrogen-bond acceptors (Lipinski definition) is 5. The van der Waals surface area contributed by atoms with E-state index in [0.717, 1.165) is 23.9 Å². The number of aromatic nitrogens is 2. The normalized spacial score (nSPS) is 14.3. The molecule has 0 fully saturated rings. The first kappa shape index (κ1) is 25.4. The first-order chi connectivity index (χ1) is 17.1. The molecule has 0 spiro atoms. The Balaban J connectivity index is 1.67. The molecule has 0 radical (unpaired) electrons. The largest absolute Gasteiger partial charge is 0.507 e. The number of amides is 1. The zero-order chi connectivity index (χ0) is 26.0. The summed E-state index contributed by atoms with van der Waals surface area (Å²) in [6.45, 7) is 3.94. The van der Waals surface area contributed by atoms with E-state index in [4.69, 9.17) is 0 Å². The number of allylic oxidation sites excluding steroid dienone is 2. The van der Waals surface area contributed by atoms with Gasteiger partial charge >= 0.3 is 0 Å². The average Bonchev–Trinajstić information content (AvgIpc) is 3.14. The minimum atomic E-state index is -3.57. The zero-order valence-corrected chi connectivity index (χ0v) is 21.1. The lowest BCUT2D eigenvalue weighted by atomic mass is 10.0. The summed E-state index contributed by atoms with van der Waals surface area (Å²) in [4.78, 5) is 13.3. The van der Waals surface area contributed by atoms with Gasteiger partial charge in [-0.25, -0.2) is 17.5 Å². The fourth-order valence-corrected chi connectivity index (χ4v) is 5.03. The number of carbonyl (C=O) groups excluding carboxylic acids is 1. The molecule has 2 N–H and O–H groups in total. The number of aromatic hydroxyl groups is 1. The van der Waals surface area contributed by atoms with Crippen LogP contribution in [0.1, 0.15) is 56.0 Å². The predicted octanol–water partition coefficient (Wildman–Crippen LogP) is 4.97. The van der Waals surface area contributed by atoms with E-state index in [2.05, 4.69) is 10.4 Å². The molecule has 188 valence electrons. The van der Waals surface area contributed by atoms with Gasteiger partial charge < -0.3 is 10.4 Å². The first-order valence-corrected chi connectivity index (χ1v) is 13.6. The second-order valence-electron chi connectivity index (χ2n) is 8.74. The van der Waals surface area contributed by atoms with E-state index in [9.17, 15) is 22.7 Å². The van der Waals surface area contributed by atoms with Crippen LogP contribution in [-0.4, -0.2) is 35.5 Å². The van der Waals surface area contributed by atoms with Crippen LogP contribution in [0.25, 0.3) is 17.3 Å². The van der Waals surface area contributed by atoms with E-state index in [1.807, 2.05) is 26.0 Å². The van der Waals surface area contributed by atoms with Gasteiger partial charge in [0.25, 0.3) is 5.91 Å². The lowest BCUT2D eigenvalue weighted by Crippen LogP contribution is -2.29. The van der Waals surface area contributed by atoms with Crippen LogP contribution >= 0.6 is 0 Å². The summed E-state index contributed by atoms with van der Waals surface area (Å²) in [7, 11) is -3.57. The van der Waals surface area contributed by atoms with Crippen LogP contribution < -0.4 is 5.32 Å². The molecule has 3 aromatic rings. The molecule has 4 rings (SSSR count). The number of nitrogens with one attached hydrogen (secondary N) is 1. The average molecular weight is 510 g/mol. The lowest BCUT2D eigenvalue weighted by molar-refractivity contribution is -0.116. The molecule has 1 atom stereocenters. The van der Waals surface area contributed by atoms with Gasteiger partial charge in [0.1, 0.15) is 16.5 Å². The van der Waals surface area contributed by atoms with Crippen LogP contribution in [0.3, 0.4) is 0 Å². The van der Waals surface area contributed by atoms with Crippen LogP contribution in [0.5, 0.6) is 5.75 Å². The number of phenolic OH excluding ortho intramolecular Hbond substituents is 1. The third kappa shape index (κ3) is 5.11. The van der Waals surface area contributed by atoms with Gasteiger partial charge in [-0.3, -0.25) is 4.79 Å². The van der Waals surface area contributed by atoms with Crippen molar-refractivity contribution in [1.29, 1.82) is 0 Å². The third-order valence-electron chi connectivity index (χ3n) is 6.27. The molecule has 0 saturated heterocycles. The molecule has 1 heterocycles. The minimum Gasteiger partial charge on any atom is -0.507 e. The van der Waals surface area contributed by atoms with Gasteiger partial charge in [0, 0.05) is 17.4 Å². The second-order valence-corrected chi connectivity index (χ2v) is 10.7. The topological polar surface area (TPSA) is 101 Å². The van der Waals surface area contributed by atoms with Crippen molar-refractivity contribution in [3.63, 3.8) is 0 Å². The molecular weight excluding hydrogens is 481 g/mol. The van der Waals surface area contributed by atoms with Crippen molar-refractivity contribution >= 4 is 27.4 Å². The van der Waals surface area contributed by atoms with Gasteiger partial charge in [0.2, 0.25) is 0 Å². The molecular formula is C27H28FN3O4S. The number of hydrogen-bond donors (Lipinski definition) is 2. The van der Waals surface area contributed by atoms with Crippen molar-refractivity contribution in [2.75, 3.05) is 6.26 Å². The SMILES string of the molecule is CCC1=Cc2c(cnn2-c2ccc(F)cc2)C(C(=O)NC(CC)c2ccc(S(C)(=O)=O)c(O)c2)=CC1. The van der Waals surface area contributed by atoms with Crippen molar-refractivity contribution in [2.24, 2.45) is 0 Å². The Bertz CT molecular complexity index is 1470. The van der Waals surface area contributed by atoms with Gasteiger partial charge in [-0.1, -0.05) is 31.6 Å². The van der Waals surface area contributed by atoms with Crippen molar-refractivity contribution in [2.45, 2.75) is 44.0 Å². The highest BCUT2D eigenvalue weighted by atomic mass is 32.2. The quantitative estimate of drug-likeness (QED) is 0.468. The smallest absolute Gasteiger partial charge is 0.252 e. The standard InChI is InChI=1S/C27H28FN3O4S/c1-4-17-6-12-21(22-16-29-31(24(22)14-17)20-10-8-19(28)9-11-20)27(33)30-23(5-2)18-7-13-26(25(32)15-18)36(3,34)35/h7-16,23,32H,4-6H2,1-3H3,(H,30,33). The van der Waals surface area contributed by atoms with E-state index >= 15 is 0 Å². The monoisotopic (exact) mass is 509 g/mol. The minimum absolute atomic E-state index is 0.157. The molecule has 0 saturated carbocycles. The number of nitrogens with zero attached hydrogens (tertiary/aromatic N) is 2. The van der Waals surface area contributed by atoms with Crippen molar-refractivity contribution in [1.82, 2.24) is 15.1 Å². The van der Waals surface area contributed by atoms with E-state index < -0.39 is 15.9 Å². The maximum Gasteiger partial charge on any atom is 0.252 e. The lowest BCUT2D eigenvalue weighted by Gasteiger charge is -2.19. The Hall–Kier alpha value is -3.72. The number of halogens is 1. The number of rotatable bonds is 7. The number of phenols is 1. The van der Waals surface area contributed by atoms with Crippen LogP contribution in [0, 0.1) is 5.82 Å². The van der Waals surface area contributed by atoms with Crippen LogP contribution in [-0.2, 0) is 14.6 Å². The number of fused-ring (bicyclic) bond motifs is 1. The predicted molar refractivity (Wildman–Crippen MR) is 137 cm³/mol.